The number of nitrogens with one attached hydrogen (secondary N) is 1. The van der Waals surface area contributed by atoms with E-state index in [1.807, 2.05) is 0 Å². The first-order valence-electron chi connectivity index (χ1n) is 8.51. The minimum atomic E-state index is -4.69. The molecule has 11 heteroatoms. The van der Waals surface area contributed by atoms with Crippen molar-refractivity contribution in [3.8, 4) is 11.8 Å². The van der Waals surface area contributed by atoms with E-state index in [0.29, 0.717) is 25.7 Å². The van der Waals surface area contributed by atoms with Gasteiger partial charge in [-0.3, -0.25) is 4.79 Å². The van der Waals surface area contributed by atoms with Gasteiger partial charge in [0, 0.05) is 13.0 Å². The second-order valence-electron chi connectivity index (χ2n) is 6.37. The van der Waals surface area contributed by atoms with Gasteiger partial charge in [0.05, 0.1) is 17.9 Å². The average molecular weight is 395 g/mol. The maximum absolute atomic E-state index is 13.0. The Morgan fingerprint density at radius 2 is 2.04 bits per heavy atom. The Morgan fingerprint density at radius 3 is 2.61 bits per heavy atom. The number of rotatable bonds is 4. The Labute approximate surface area is 157 Å². The Morgan fingerprint density at radius 1 is 1.32 bits per heavy atom. The molecule has 0 bridgehead atoms. The number of aryl methyl sites for hydroxylation is 1. The minimum absolute atomic E-state index is 0.0415. The highest BCUT2D eigenvalue weighted by atomic mass is 19.4. The molecule has 0 radical (unpaired) electrons. The predicted octanol–water partition coefficient (Wildman–Crippen LogP) is 2.78. The number of alkyl halides is 3. The first-order chi connectivity index (χ1) is 13.3. The van der Waals surface area contributed by atoms with Crippen molar-refractivity contribution < 1.29 is 27.1 Å². The zero-order valence-electron chi connectivity index (χ0n) is 14.8. The zero-order chi connectivity index (χ0) is 20.3. The fraction of sp³-hybridized carbons (Fsp3) is 0.471. The Hall–Kier alpha value is -3.16. The van der Waals surface area contributed by atoms with E-state index in [2.05, 4.69) is 20.5 Å². The molecule has 0 unspecified atom stereocenters. The summed E-state index contributed by atoms with van der Waals surface area (Å²) in [6, 6.07) is 2.10. The van der Waals surface area contributed by atoms with Crippen LogP contribution >= 0.6 is 0 Å². The standard InChI is InChI=1S/C17H16F3N5O3/c1-9-24-25-16(27-9)15(26)23-10-2-4-11(5-3-10)28-12-6-13(17(18,19)20)14(7-21)22-8-12/h6,8,10-11H,2-5H2,1H3,(H,23,26)/t10-,11-. The van der Waals surface area contributed by atoms with Crippen LogP contribution in [0.5, 0.6) is 5.75 Å². The highest BCUT2D eigenvalue weighted by Gasteiger charge is 2.35. The summed E-state index contributed by atoms with van der Waals surface area (Å²) < 4.78 is 49.7. The van der Waals surface area contributed by atoms with Crippen LogP contribution in [0.1, 0.15) is 53.5 Å². The number of carbonyl (C=O) groups excluding carboxylic acids is 1. The molecule has 1 aliphatic rings. The largest absolute Gasteiger partial charge is 0.489 e. The minimum Gasteiger partial charge on any atom is -0.489 e. The summed E-state index contributed by atoms with van der Waals surface area (Å²) in [6.07, 6.45) is -1.65. The lowest BCUT2D eigenvalue weighted by atomic mass is 9.93. The van der Waals surface area contributed by atoms with Crippen molar-refractivity contribution in [3.05, 3.63) is 35.3 Å². The van der Waals surface area contributed by atoms with Crippen molar-refractivity contribution in [1.82, 2.24) is 20.5 Å². The van der Waals surface area contributed by atoms with Crippen LogP contribution in [0.2, 0.25) is 0 Å². The van der Waals surface area contributed by atoms with Gasteiger partial charge in [0.15, 0.2) is 5.69 Å². The summed E-state index contributed by atoms with van der Waals surface area (Å²) in [5, 5.41) is 18.8. The zero-order valence-corrected chi connectivity index (χ0v) is 14.8. The predicted molar refractivity (Wildman–Crippen MR) is 87.1 cm³/mol. The molecule has 3 rings (SSSR count). The maximum Gasteiger partial charge on any atom is 0.419 e. The van der Waals surface area contributed by atoms with Crippen molar-refractivity contribution in [2.24, 2.45) is 0 Å². The van der Waals surface area contributed by atoms with Crippen molar-refractivity contribution in [2.45, 2.75) is 50.9 Å². The molecule has 0 aromatic carbocycles. The van der Waals surface area contributed by atoms with Gasteiger partial charge in [-0.2, -0.15) is 18.4 Å². The molecular formula is C17H16F3N5O3. The summed E-state index contributed by atoms with van der Waals surface area (Å²) in [4.78, 5) is 15.5. The van der Waals surface area contributed by atoms with E-state index in [1.54, 1.807) is 6.92 Å². The average Bonchev–Trinajstić information content (AvgIpc) is 3.09. The number of amides is 1. The summed E-state index contributed by atoms with van der Waals surface area (Å²) >= 11 is 0. The SMILES string of the molecule is Cc1nnc(C(=O)N[C@H]2CC[C@H](Oc3cnc(C#N)c(C(F)(F)F)c3)CC2)o1. The Bertz CT molecular complexity index is 898. The van der Waals surface area contributed by atoms with Crippen LogP contribution in [0, 0.1) is 18.3 Å². The molecular weight excluding hydrogens is 379 g/mol. The number of nitriles is 1. The van der Waals surface area contributed by atoms with E-state index >= 15 is 0 Å². The van der Waals surface area contributed by atoms with Gasteiger partial charge in [-0.1, -0.05) is 0 Å². The van der Waals surface area contributed by atoms with E-state index in [0.717, 1.165) is 12.3 Å². The van der Waals surface area contributed by atoms with Crippen LogP contribution in [-0.4, -0.2) is 33.2 Å². The van der Waals surface area contributed by atoms with Gasteiger partial charge < -0.3 is 14.5 Å². The molecule has 1 aliphatic carbocycles. The van der Waals surface area contributed by atoms with Crippen LogP contribution < -0.4 is 10.1 Å². The van der Waals surface area contributed by atoms with Crippen LogP contribution in [0.4, 0.5) is 13.2 Å². The monoisotopic (exact) mass is 395 g/mol. The molecule has 2 aromatic rings. The summed E-state index contributed by atoms with van der Waals surface area (Å²) in [6.45, 7) is 1.58. The Kier molecular flexibility index (Phi) is 5.48. The molecule has 1 amide bonds. The van der Waals surface area contributed by atoms with E-state index in [9.17, 15) is 18.0 Å². The van der Waals surface area contributed by atoms with E-state index < -0.39 is 23.3 Å². The van der Waals surface area contributed by atoms with Crippen molar-refractivity contribution in [3.63, 3.8) is 0 Å². The topological polar surface area (TPSA) is 114 Å². The van der Waals surface area contributed by atoms with Gasteiger partial charge in [0.25, 0.3) is 0 Å². The van der Waals surface area contributed by atoms with Crippen molar-refractivity contribution >= 4 is 5.91 Å². The third-order valence-corrected chi connectivity index (χ3v) is 4.31. The molecule has 8 nitrogen and oxygen atoms in total. The maximum atomic E-state index is 13.0. The number of carbonyl (C=O) groups is 1. The molecule has 0 saturated heterocycles. The molecule has 1 saturated carbocycles. The normalized spacial score (nSPS) is 19.7. The molecule has 0 spiro atoms. The second kappa shape index (κ2) is 7.84. The fourth-order valence-electron chi connectivity index (χ4n) is 2.97. The van der Waals surface area contributed by atoms with E-state index in [1.165, 1.54) is 6.07 Å². The van der Waals surface area contributed by atoms with Gasteiger partial charge in [0.2, 0.25) is 5.89 Å². The molecule has 2 heterocycles. The van der Waals surface area contributed by atoms with Gasteiger partial charge in [-0.25, -0.2) is 4.98 Å². The van der Waals surface area contributed by atoms with Gasteiger partial charge in [0.1, 0.15) is 11.8 Å². The number of aromatic nitrogens is 3. The summed E-state index contributed by atoms with van der Waals surface area (Å²) in [5.41, 5.74) is -1.81. The lowest BCUT2D eigenvalue weighted by Crippen LogP contribution is -2.39. The third kappa shape index (κ3) is 4.57. The van der Waals surface area contributed by atoms with Crippen LogP contribution in [0.15, 0.2) is 16.7 Å². The van der Waals surface area contributed by atoms with Gasteiger partial charge in [-0.15, -0.1) is 10.2 Å². The molecule has 1 N–H and O–H groups in total. The van der Waals surface area contributed by atoms with Gasteiger partial charge >= 0.3 is 18.0 Å². The summed E-state index contributed by atoms with van der Waals surface area (Å²) in [7, 11) is 0. The molecule has 148 valence electrons. The quantitative estimate of drug-likeness (QED) is 0.847. The highest BCUT2D eigenvalue weighted by Crippen LogP contribution is 2.34. The first-order valence-corrected chi connectivity index (χ1v) is 8.51. The molecule has 2 aromatic heterocycles. The number of hydrogen-bond donors (Lipinski definition) is 1. The highest BCUT2D eigenvalue weighted by molar-refractivity contribution is 5.89. The number of hydrogen-bond acceptors (Lipinski definition) is 7. The smallest absolute Gasteiger partial charge is 0.419 e. The van der Waals surface area contributed by atoms with Crippen LogP contribution in [0.25, 0.3) is 0 Å². The van der Waals surface area contributed by atoms with Gasteiger partial charge in [-0.05, 0) is 31.7 Å². The Balaban J connectivity index is 1.56. The number of pyridine rings is 1. The number of ether oxygens (including phenoxy) is 1. The molecule has 0 aliphatic heterocycles. The van der Waals surface area contributed by atoms with Crippen LogP contribution in [-0.2, 0) is 6.18 Å². The van der Waals surface area contributed by atoms with E-state index in [4.69, 9.17) is 14.4 Å². The fourth-order valence-corrected chi connectivity index (χ4v) is 2.97. The number of halogens is 3. The molecule has 28 heavy (non-hydrogen) atoms. The molecule has 0 atom stereocenters. The lowest BCUT2D eigenvalue weighted by molar-refractivity contribution is -0.138. The van der Waals surface area contributed by atoms with Crippen molar-refractivity contribution in [2.75, 3.05) is 0 Å². The second-order valence-corrected chi connectivity index (χ2v) is 6.37. The van der Waals surface area contributed by atoms with Crippen LogP contribution in [0.3, 0.4) is 0 Å². The lowest BCUT2D eigenvalue weighted by Gasteiger charge is -2.29. The third-order valence-electron chi connectivity index (χ3n) is 4.31. The summed E-state index contributed by atoms with van der Waals surface area (Å²) in [5.74, 6) is -0.327. The van der Waals surface area contributed by atoms with Crippen molar-refractivity contribution in [1.29, 1.82) is 5.26 Å². The van der Waals surface area contributed by atoms with E-state index in [-0.39, 0.29) is 29.7 Å². The number of nitrogens with zero attached hydrogens (tertiary/aromatic N) is 4. The first kappa shape index (κ1) is 19.6. The molecule has 1 fully saturated rings.